The third-order valence-electron chi connectivity index (χ3n) is 5.71. The first-order valence-corrected chi connectivity index (χ1v) is 12.8. The van der Waals surface area contributed by atoms with Gasteiger partial charge in [0.25, 0.3) is 11.1 Å². The molecule has 1 amide bonds. The van der Waals surface area contributed by atoms with Crippen LogP contribution < -0.4 is 4.74 Å². The molecule has 0 atom stereocenters. The highest BCUT2D eigenvalue weighted by Gasteiger charge is 2.38. The van der Waals surface area contributed by atoms with Crippen LogP contribution in [-0.4, -0.2) is 48.6 Å². The number of fused-ring (bicyclic) bond motifs is 1. The number of amides is 1. The van der Waals surface area contributed by atoms with Gasteiger partial charge in [-0.1, -0.05) is 24.3 Å². The topological polar surface area (TPSA) is 89.5 Å². The predicted molar refractivity (Wildman–Crippen MR) is 122 cm³/mol. The molecule has 0 fully saturated rings. The van der Waals surface area contributed by atoms with Crippen molar-refractivity contribution in [2.45, 2.75) is 31.0 Å². The lowest BCUT2D eigenvalue weighted by Gasteiger charge is -2.22. The molecule has 7 nitrogen and oxygen atoms in total. The molecule has 38 heavy (non-hydrogen) atoms. The van der Waals surface area contributed by atoms with Crippen molar-refractivity contribution in [3.05, 3.63) is 70.3 Å². The second-order valence-electron chi connectivity index (χ2n) is 8.61. The van der Waals surface area contributed by atoms with Crippen molar-refractivity contribution in [1.29, 1.82) is 0 Å². The van der Waals surface area contributed by atoms with Gasteiger partial charge in [-0.15, -0.1) is 0 Å². The zero-order valence-corrected chi connectivity index (χ0v) is 20.6. The molecule has 3 aromatic rings. The number of ether oxygens (including phenoxy) is 1. The number of benzene rings is 2. The van der Waals surface area contributed by atoms with Crippen molar-refractivity contribution in [3.8, 4) is 17.1 Å². The summed E-state index contributed by atoms with van der Waals surface area (Å²) in [6.07, 6.45) is -9.24. The fraction of sp³-hybridized carbons (Fsp3) is 0.292. The molecular formula is C24H19F6N3O4S. The number of alkyl halides is 6. The lowest BCUT2D eigenvalue weighted by atomic mass is 10.0. The fourth-order valence-electron chi connectivity index (χ4n) is 3.91. The summed E-state index contributed by atoms with van der Waals surface area (Å²) in [5, 5.41) is -0.608. The van der Waals surface area contributed by atoms with Gasteiger partial charge in [-0.2, -0.15) is 31.3 Å². The average Bonchev–Trinajstić information content (AvgIpc) is 2.96. The van der Waals surface area contributed by atoms with Crippen molar-refractivity contribution in [3.63, 3.8) is 0 Å². The first kappa shape index (κ1) is 27.4. The zero-order valence-electron chi connectivity index (χ0n) is 19.8. The third-order valence-corrected chi connectivity index (χ3v) is 6.55. The van der Waals surface area contributed by atoms with Crippen LogP contribution in [0, 0.1) is 6.92 Å². The molecule has 0 saturated heterocycles. The van der Waals surface area contributed by atoms with E-state index in [1.807, 2.05) is 0 Å². The summed E-state index contributed by atoms with van der Waals surface area (Å²) in [5.74, 6) is -1.20. The van der Waals surface area contributed by atoms with E-state index in [0.29, 0.717) is 23.3 Å². The van der Waals surface area contributed by atoms with Crippen LogP contribution in [0.3, 0.4) is 0 Å². The maximum Gasteiger partial charge on any atom is 0.416 e. The Morgan fingerprint density at radius 3 is 2.13 bits per heavy atom. The van der Waals surface area contributed by atoms with Crippen LogP contribution in [0.2, 0.25) is 0 Å². The lowest BCUT2D eigenvalue weighted by Crippen LogP contribution is -2.32. The monoisotopic (exact) mass is 559 g/mol. The van der Waals surface area contributed by atoms with Crippen LogP contribution in [0.1, 0.15) is 32.6 Å². The Hall–Kier alpha value is -3.68. The van der Waals surface area contributed by atoms with Crippen LogP contribution in [0.25, 0.3) is 11.3 Å². The molecule has 4 rings (SSSR count). The molecule has 0 spiro atoms. The molecule has 0 aliphatic carbocycles. The van der Waals surface area contributed by atoms with E-state index < -0.39 is 56.5 Å². The molecule has 2 heterocycles. The molecule has 14 heteroatoms. The van der Waals surface area contributed by atoms with Crippen molar-refractivity contribution < 1.29 is 44.3 Å². The van der Waals surface area contributed by atoms with Gasteiger partial charge in [0.15, 0.2) is 0 Å². The fourth-order valence-corrected chi connectivity index (χ4v) is 4.42. The number of carbonyl (C=O) groups is 1. The summed E-state index contributed by atoms with van der Waals surface area (Å²) in [5.41, 5.74) is -2.80. The minimum atomic E-state index is -5.05. The molecule has 0 bridgehead atoms. The normalized spacial score (nSPS) is 14.6. The van der Waals surface area contributed by atoms with Crippen LogP contribution in [-0.2, 0) is 28.7 Å². The second kappa shape index (κ2) is 9.57. The molecule has 1 aromatic heterocycles. The first-order valence-electron chi connectivity index (χ1n) is 10.9. The Kier molecular flexibility index (Phi) is 6.89. The van der Waals surface area contributed by atoms with Gasteiger partial charge in [0, 0.05) is 18.4 Å². The minimum absolute atomic E-state index is 0.00298. The van der Waals surface area contributed by atoms with E-state index in [1.165, 1.54) is 0 Å². The van der Waals surface area contributed by atoms with Crippen molar-refractivity contribution >= 4 is 15.7 Å². The van der Waals surface area contributed by atoms with Crippen LogP contribution in [0.5, 0.6) is 5.88 Å². The van der Waals surface area contributed by atoms with E-state index in [2.05, 4.69) is 9.97 Å². The maximum atomic E-state index is 13.6. The average molecular weight is 559 g/mol. The SMILES string of the molecule is Cc1ccccc1-c1nc(S(C)(=O)=O)nc2c1C(=O)N(Cc1cc(C(F)(F)F)cc(C(F)(F)F)c1)CCO2. The molecule has 0 N–H and O–H groups in total. The molecule has 0 saturated carbocycles. The largest absolute Gasteiger partial charge is 0.475 e. The Morgan fingerprint density at radius 2 is 1.58 bits per heavy atom. The van der Waals surface area contributed by atoms with Gasteiger partial charge in [-0.25, -0.2) is 13.4 Å². The van der Waals surface area contributed by atoms with Crippen LogP contribution in [0.15, 0.2) is 47.6 Å². The third kappa shape index (κ3) is 5.59. The summed E-state index contributed by atoms with van der Waals surface area (Å²) in [4.78, 5) is 22.6. The predicted octanol–water partition coefficient (Wildman–Crippen LogP) is 4.93. The van der Waals surface area contributed by atoms with E-state index >= 15 is 0 Å². The minimum Gasteiger partial charge on any atom is -0.475 e. The lowest BCUT2D eigenvalue weighted by molar-refractivity contribution is -0.143. The number of aromatic nitrogens is 2. The number of halogens is 6. The number of sulfone groups is 1. The van der Waals surface area contributed by atoms with E-state index in [-0.39, 0.29) is 36.4 Å². The number of rotatable bonds is 4. The number of carbonyl (C=O) groups excluding carboxylic acids is 1. The highest BCUT2D eigenvalue weighted by Crippen LogP contribution is 2.38. The molecule has 0 unspecified atom stereocenters. The van der Waals surface area contributed by atoms with Crippen molar-refractivity contribution in [2.24, 2.45) is 0 Å². The maximum absolute atomic E-state index is 13.6. The first-order chi connectivity index (χ1) is 17.6. The summed E-state index contributed by atoms with van der Waals surface area (Å²) >= 11 is 0. The summed E-state index contributed by atoms with van der Waals surface area (Å²) in [6.45, 7) is 0.589. The van der Waals surface area contributed by atoms with Gasteiger partial charge in [-0.3, -0.25) is 4.79 Å². The van der Waals surface area contributed by atoms with Gasteiger partial charge in [-0.05, 0) is 36.2 Å². The van der Waals surface area contributed by atoms with Crippen LogP contribution >= 0.6 is 0 Å². The zero-order chi connectivity index (χ0) is 28.0. The highest BCUT2D eigenvalue weighted by atomic mass is 32.2. The summed E-state index contributed by atoms with van der Waals surface area (Å²) in [6, 6.07) is 7.68. The highest BCUT2D eigenvalue weighted by molar-refractivity contribution is 7.90. The molecular weight excluding hydrogens is 540 g/mol. The number of aryl methyl sites for hydroxylation is 1. The smallest absolute Gasteiger partial charge is 0.416 e. The van der Waals surface area contributed by atoms with Crippen molar-refractivity contribution in [1.82, 2.24) is 14.9 Å². The molecule has 2 aromatic carbocycles. The molecule has 0 radical (unpaired) electrons. The Morgan fingerprint density at radius 1 is 0.974 bits per heavy atom. The van der Waals surface area contributed by atoms with E-state index in [1.54, 1.807) is 31.2 Å². The van der Waals surface area contributed by atoms with Gasteiger partial charge < -0.3 is 9.64 Å². The number of nitrogens with zero attached hydrogens (tertiary/aromatic N) is 3. The Balaban J connectivity index is 1.85. The van der Waals surface area contributed by atoms with E-state index in [0.717, 1.165) is 11.2 Å². The number of hydrogen-bond donors (Lipinski definition) is 0. The Labute approximate surface area is 213 Å². The van der Waals surface area contributed by atoms with Gasteiger partial charge in [0.2, 0.25) is 15.7 Å². The van der Waals surface area contributed by atoms with Gasteiger partial charge >= 0.3 is 12.4 Å². The standard InChI is InChI=1S/C24H19F6N3O4S/c1-13-5-3-4-6-17(13)19-18-20(32-22(31-19)38(2,35)36)37-8-7-33(21(18)34)12-14-9-15(23(25,26)27)11-16(10-14)24(28,29)30/h3-6,9-11H,7-8,12H2,1-2H3. The van der Waals surface area contributed by atoms with Crippen LogP contribution in [0.4, 0.5) is 26.3 Å². The molecule has 202 valence electrons. The molecule has 1 aliphatic heterocycles. The van der Waals surface area contributed by atoms with E-state index in [4.69, 9.17) is 4.74 Å². The molecule has 1 aliphatic rings. The van der Waals surface area contributed by atoms with Crippen molar-refractivity contribution in [2.75, 3.05) is 19.4 Å². The summed E-state index contributed by atoms with van der Waals surface area (Å²) in [7, 11) is -3.95. The van der Waals surface area contributed by atoms with Gasteiger partial charge in [0.05, 0.1) is 23.4 Å². The van der Waals surface area contributed by atoms with Gasteiger partial charge in [0.1, 0.15) is 12.2 Å². The number of hydrogen-bond acceptors (Lipinski definition) is 6. The quantitative estimate of drug-likeness (QED) is 0.333. The summed E-state index contributed by atoms with van der Waals surface area (Å²) < 4.78 is 110. The van der Waals surface area contributed by atoms with E-state index in [9.17, 15) is 39.6 Å². The Bertz CT molecular complexity index is 1490. The second-order valence-corrected chi connectivity index (χ2v) is 10.5.